The van der Waals surface area contributed by atoms with Gasteiger partial charge in [-0.15, -0.1) is 11.3 Å². The third kappa shape index (κ3) is 4.56. The van der Waals surface area contributed by atoms with E-state index in [4.69, 9.17) is 4.74 Å². The number of aromatic nitrogens is 2. The van der Waals surface area contributed by atoms with Gasteiger partial charge in [-0.25, -0.2) is 9.78 Å². The van der Waals surface area contributed by atoms with Crippen LogP contribution in [0.25, 0.3) is 0 Å². The van der Waals surface area contributed by atoms with Crippen molar-refractivity contribution < 1.29 is 14.3 Å². The Balaban J connectivity index is 1.62. The fourth-order valence-corrected chi connectivity index (χ4v) is 4.28. The summed E-state index contributed by atoms with van der Waals surface area (Å²) < 4.78 is 7.40. The van der Waals surface area contributed by atoms with Gasteiger partial charge in [0, 0.05) is 23.5 Å². The zero-order valence-corrected chi connectivity index (χ0v) is 17.0. The van der Waals surface area contributed by atoms with Crippen LogP contribution in [0.1, 0.15) is 69.2 Å². The number of Topliss-reactive ketones (excluding diaryl/α,β-unsaturated/α-hetero) is 1. The molecule has 0 saturated heterocycles. The van der Waals surface area contributed by atoms with Crippen LogP contribution in [0.15, 0.2) is 23.2 Å². The van der Waals surface area contributed by atoms with Gasteiger partial charge in [0.15, 0.2) is 6.61 Å². The number of ether oxygens (including phenoxy) is 1. The first-order valence-electron chi connectivity index (χ1n) is 9.42. The van der Waals surface area contributed by atoms with Crippen LogP contribution < -0.4 is 0 Å². The van der Waals surface area contributed by atoms with E-state index in [1.807, 2.05) is 19.9 Å². The number of hydrogen-bond acceptors (Lipinski definition) is 5. The molecule has 5 nitrogen and oxygen atoms in total. The second-order valence-corrected chi connectivity index (χ2v) is 7.92. The SMILES string of the molecule is Cc1ncsc1C(=O)OCC(=O)c1cc(C)n(CCC2=CCCCC2)c1C. The number of aryl methyl sites for hydroxylation is 2. The van der Waals surface area contributed by atoms with Crippen molar-refractivity contribution in [3.05, 3.63) is 50.7 Å². The molecule has 2 aromatic rings. The maximum atomic E-state index is 12.6. The zero-order valence-electron chi connectivity index (χ0n) is 16.2. The van der Waals surface area contributed by atoms with E-state index in [0.29, 0.717) is 16.1 Å². The van der Waals surface area contributed by atoms with Gasteiger partial charge in [-0.2, -0.15) is 0 Å². The maximum absolute atomic E-state index is 12.6. The lowest BCUT2D eigenvalue weighted by molar-refractivity contribution is 0.0478. The molecule has 0 N–H and O–H groups in total. The molecule has 0 amide bonds. The maximum Gasteiger partial charge on any atom is 0.350 e. The molecule has 0 saturated carbocycles. The summed E-state index contributed by atoms with van der Waals surface area (Å²) in [7, 11) is 0. The van der Waals surface area contributed by atoms with Crippen molar-refractivity contribution >= 4 is 23.1 Å². The number of hydrogen-bond donors (Lipinski definition) is 0. The molecule has 0 unspecified atom stereocenters. The average molecular weight is 387 g/mol. The molecule has 3 rings (SSSR count). The van der Waals surface area contributed by atoms with Crippen LogP contribution in [-0.4, -0.2) is 27.9 Å². The Morgan fingerprint density at radius 3 is 2.74 bits per heavy atom. The second-order valence-electron chi connectivity index (χ2n) is 7.06. The van der Waals surface area contributed by atoms with Gasteiger partial charge in [-0.1, -0.05) is 11.6 Å². The van der Waals surface area contributed by atoms with E-state index in [2.05, 4.69) is 15.6 Å². The lowest BCUT2D eigenvalue weighted by Crippen LogP contribution is -2.15. The minimum Gasteiger partial charge on any atom is -0.453 e. The summed E-state index contributed by atoms with van der Waals surface area (Å²) in [5, 5.41) is 0. The van der Waals surface area contributed by atoms with E-state index in [0.717, 1.165) is 24.4 Å². The molecule has 0 atom stereocenters. The highest BCUT2D eigenvalue weighted by molar-refractivity contribution is 7.11. The Bertz CT molecular complexity index is 876. The third-order valence-corrected chi connectivity index (χ3v) is 6.09. The molecule has 0 aliphatic heterocycles. The first-order valence-corrected chi connectivity index (χ1v) is 10.3. The number of ketones is 1. The number of thiazole rings is 1. The van der Waals surface area contributed by atoms with Crippen molar-refractivity contribution in [2.24, 2.45) is 0 Å². The van der Waals surface area contributed by atoms with Crippen LogP contribution in [-0.2, 0) is 11.3 Å². The Morgan fingerprint density at radius 1 is 1.26 bits per heavy atom. The monoisotopic (exact) mass is 386 g/mol. The van der Waals surface area contributed by atoms with Crippen LogP contribution in [0.3, 0.4) is 0 Å². The summed E-state index contributed by atoms with van der Waals surface area (Å²) in [4.78, 5) is 29.2. The first-order chi connectivity index (χ1) is 13.0. The Labute approximate surface area is 164 Å². The van der Waals surface area contributed by atoms with Gasteiger partial charge in [0.05, 0.1) is 11.2 Å². The minimum absolute atomic E-state index is 0.165. The van der Waals surface area contributed by atoms with E-state index in [1.54, 1.807) is 12.4 Å². The average Bonchev–Trinajstić information content (AvgIpc) is 3.22. The fourth-order valence-electron chi connectivity index (χ4n) is 3.59. The molecule has 1 aliphatic rings. The van der Waals surface area contributed by atoms with E-state index < -0.39 is 5.97 Å². The summed E-state index contributed by atoms with van der Waals surface area (Å²) in [5.41, 5.74) is 6.40. The molecular weight excluding hydrogens is 360 g/mol. The van der Waals surface area contributed by atoms with Crippen molar-refractivity contribution in [1.82, 2.24) is 9.55 Å². The summed E-state index contributed by atoms with van der Waals surface area (Å²) >= 11 is 1.23. The summed E-state index contributed by atoms with van der Waals surface area (Å²) in [5.74, 6) is -0.650. The molecular formula is C21H26N2O3S. The highest BCUT2D eigenvalue weighted by Crippen LogP contribution is 2.23. The smallest absolute Gasteiger partial charge is 0.350 e. The molecule has 0 aromatic carbocycles. The van der Waals surface area contributed by atoms with Crippen molar-refractivity contribution in [3.8, 4) is 0 Å². The van der Waals surface area contributed by atoms with Gasteiger partial charge in [-0.05, 0) is 58.9 Å². The normalized spacial score (nSPS) is 14.1. The predicted molar refractivity (Wildman–Crippen MR) is 107 cm³/mol. The van der Waals surface area contributed by atoms with Crippen LogP contribution in [0.2, 0.25) is 0 Å². The van der Waals surface area contributed by atoms with Crippen LogP contribution >= 0.6 is 11.3 Å². The Morgan fingerprint density at radius 2 is 2.07 bits per heavy atom. The van der Waals surface area contributed by atoms with Crippen LogP contribution in [0.4, 0.5) is 0 Å². The molecule has 2 heterocycles. The molecule has 27 heavy (non-hydrogen) atoms. The Kier molecular flexibility index (Phi) is 6.26. The summed E-state index contributed by atoms with van der Waals surface area (Å²) in [6.07, 6.45) is 8.35. The van der Waals surface area contributed by atoms with Crippen molar-refractivity contribution in [2.45, 2.75) is 59.4 Å². The van der Waals surface area contributed by atoms with E-state index >= 15 is 0 Å². The highest BCUT2D eigenvalue weighted by Gasteiger charge is 2.19. The molecule has 144 valence electrons. The van der Waals surface area contributed by atoms with Gasteiger partial charge in [0.25, 0.3) is 0 Å². The number of rotatable bonds is 7. The molecule has 6 heteroatoms. The first kappa shape index (κ1) is 19.5. The quantitative estimate of drug-likeness (QED) is 0.390. The number of nitrogens with zero attached hydrogens (tertiary/aromatic N) is 2. The molecule has 0 bridgehead atoms. The highest BCUT2D eigenvalue weighted by atomic mass is 32.1. The van der Waals surface area contributed by atoms with Gasteiger partial charge < -0.3 is 9.30 Å². The predicted octanol–water partition coefficient (Wildman–Crippen LogP) is 4.80. The summed E-state index contributed by atoms with van der Waals surface area (Å²) in [6.45, 7) is 6.38. The van der Waals surface area contributed by atoms with Gasteiger partial charge >= 0.3 is 5.97 Å². The van der Waals surface area contributed by atoms with Gasteiger partial charge in [0.1, 0.15) is 4.88 Å². The van der Waals surface area contributed by atoms with Crippen molar-refractivity contribution in [1.29, 1.82) is 0 Å². The standard InChI is InChI=1S/C21H26N2O3S/c1-14-11-18(16(3)23(14)10-9-17-7-5-4-6-8-17)19(24)12-26-21(25)20-15(2)22-13-27-20/h7,11,13H,4-6,8-10,12H2,1-3H3. The van der Waals surface area contributed by atoms with Gasteiger partial charge in [-0.3, -0.25) is 4.79 Å². The molecule has 0 spiro atoms. The number of carbonyl (C=O) groups is 2. The molecule has 1 aliphatic carbocycles. The van der Waals surface area contributed by atoms with E-state index in [1.165, 1.54) is 42.6 Å². The summed E-state index contributed by atoms with van der Waals surface area (Å²) in [6, 6.07) is 1.90. The lowest BCUT2D eigenvalue weighted by Gasteiger charge is -2.15. The van der Waals surface area contributed by atoms with Crippen LogP contribution in [0, 0.1) is 20.8 Å². The topological polar surface area (TPSA) is 61.2 Å². The third-order valence-electron chi connectivity index (χ3n) is 5.18. The minimum atomic E-state index is -0.485. The van der Waals surface area contributed by atoms with Crippen molar-refractivity contribution in [3.63, 3.8) is 0 Å². The van der Waals surface area contributed by atoms with E-state index in [-0.39, 0.29) is 12.4 Å². The second kappa shape index (κ2) is 8.65. The largest absolute Gasteiger partial charge is 0.453 e. The van der Waals surface area contributed by atoms with Crippen molar-refractivity contribution in [2.75, 3.05) is 6.61 Å². The fraction of sp³-hybridized carbons (Fsp3) is 0.476. The molecule has 0 radical (unpaired) electrons. The number of allylic oxidation sites excluding steroid dienone is 2. The zero-order chi connectivity index (χ0) is 19.4. The lowest BCUT2D eigenvalue weighted by atomic mass is 9.97. The molecule has 0 fully saturated rings. The van der Waals surface area contributed by atoms with Gasteiger partial charge in [0.2, 0.25) is 5.78 Å². The van der Waals surface area contributed by atoms with Crippen LogP contribution in [0.5, 0.6) is 0 Å². The Hall–Kier alpha value is -2.21. The molecule has 2 aromatic heterocycles. The number of esters is 1. The number of carbonyl (C=O) groups excluding carboxylic acids is 2. The van der Waals surface area contributed by atoms with E-state index in [9.17, 15) is 9.59 Å².